The molecule has 1 aromatic heterocycles. The molecule has 0 aliphatic heterocycles. The number of H-pyrrole nitrogens is 1. The van der Waals surface area contributed by atoms with Crippen LogP contribution in [0.3, 0.4) is 0 Å². The number of alkyl halides is 4. The summed E-state index contributed by atoms with van der Waals surface area (Å²) in [6, 6.07) is 4.09. The van der Waals surface area contributed by atoms with Crippen molar-refractivity contribution in [2.45, 2.75) is 12.2 Å². The Bertz CT molecular complexity index is 506. The molecule has 0 bridgehead atoms. The van der Waals surface area contributed by atoms with Crippen molar-refractivity contribution in [2.24, 2.45) is 0 Å². The lowest BCUT2D eigenvalue weighted by Gasteiger charge is -2.08. The number of hydrogen-bond acceptors (Lipinski definition) is 1. The van der Waals surface area contributed by atoms with E-state index in [4.69, 9.17) is 11.6 Å². The Labute approximate surface area is 94.0 Å². The van der Waals surface area contributed by atoms with Crippen molar-refractivity contribution in [3.63, 3.8) is 0 Å². The molecule has 0 fully saturated rings. The minimum absolute atomic E-state index is 0.232. The molecule has 0 unspecified atom stereocenters. The number of aromatic nitrogens is 1. The van der Waals surface area contributed by atoms with E-state index in [1.165, 1.54) is 18.2 Å². The van der Waals surface area contributed by atoms with Crippen LogP contribution in [-0.4, -0.2) is 11.3 Å². The zero-order chi connectivity index (χ0) is 11.8. The summed E-state index contributed by atoms with van der Waals surface area (Å²) in [6.07, 6.45) is -3.01. The lowest BCUT2D eigenvalue weighted by atomic mass is 10.2. The van der Waals surface area contributed by atoms with Crippen LogP contribution in [0.5, 0.6) is 5.75 Å². The largest absolute Gasteiger partial charge is 0.573 e. The van der Waals surface area contributed by atoms with E-state index in [9.17, 15) is 13.2 Å². The minimum Gasteiger partial charge on any atom is -0.406 e. The van der Waals surface area contributed by atoms with Gasteiger partial charge in [-0.15, -0.1) is 24.8 Å². The molecule has 0 aliphatic carbocycles. The van der Waals surface area contributed by atoms with Crippen molar-refractivity contribution in [1.29, 1.82) is 0 Å². The molecule has 2 nitrogen and oxygen atoms in total. The summed E-state index contributed by atoms with van der Waals surface area (Å²) in [4.78, 5) is 2.91. The molecule has 2 rings (SSSR count). The van der Waals surface area contributed by atoms with Crippen LogP contribution in [0.1, 0.15) is 5.56 Å². The van der Waals surface area contributed by atoms with E-state index in [1.54, 1.807) is 6.20 Å². The SMILES string of the molecule is FC(F)(F)Oc1ccc2[nH]cc(CCl)c2c1. The molecule has 0 spiro atoms. The normalized spacial score (nSPS) is 12.0. The van der Waals surface area contributed by atoms with Gasteiger partial charge in [0, 0.05) is 23.0 Å². The number of hydrogen-bond donors (Lipinski definition) is 1. The third-order valence-electron chi connectivity index (χ3n) is 2.12. The Balaban J connectivity index is 2.42. The third-order valence-corrected chi connectivity index (χ3v) is 2.40. The van der Waals surface area contributed by atoms with E-state index >= 15 is 0 Å². The van der Waals surface area contributed by atoms with Crippen LogP contribution >= 0.6 is 11.6 Å². The van der Waals surface area contributed by atoms with Crippen LogP contribution in [-0.2, 0) is 5.88 Å². The molecule has 16 heavy (non-hydrogen) atoms. The molecule has 0 radical (unpaired) electrons. The lowest BCUT2D eigenvalue weighted by Crippen LogP contribution is -2.16. The number of ether oxygens (including phenoxy) is 1. The van der Waals surface area contributed by atoms with Crippen molar-refractivity contribution in [1.82, 2.24) is 4.98 Å². The Kier molecular flexibility index (Phi) is 2.71. The first kappa shape index (κ1) is 11.1. The van der Waals surface area contributed by atoms with Crippen molar-refractivity contribution < 1.29 is 17.9 Å². The van der Waals surface area contributed by atoms with Crippen LogP contribution in [0.2, 0.25) is 0 Å². The first-order valence-electron chi connectivity index (χ1n) is 4.41. The summed E-state index contributed by atoms with van der Waals surface area (Å²) >= 11 is 5.65. The lowest BCUT2D eigenvalue weighted by molar-refractivity contribution is -0.274. The molecule has 0 saturated carbocycles. The number of fused-ring (bicyclic) bond motifs is 1. The fourth-order valence-electron chi connectivity index (χ4n) is 1.47. The van der Waals surface area contributed by atoms with Gasteiger partial charge < -0.3 is 9.72 Å². The molecule has 1 heterocycles. The first-order valence-corrected chi connectivity index (χ1v) is 4.95. The van der Waals surface area contributed by atoms with Gasteiger partial charge in [0.2, 0.25) is 0 Å². The highest BCUT2D eigenvalue weighted by Crippen LogP contribution is 2.28. The van der Waals surface area contributed by atoms with Crippen LogP contribution in [0.15, 0.2) is 24.4 Å². The van der Waals surface area contributed by atoms with Crippen LogP contribution in [0.4, 0.5) is 13.2 Å². The smallest absolute Gasteiger partial charge is 0.406 e. The zero-order valence-electron chi connectivity index (χ0n) is 7.94. The summed E-state index contributed by atoms with van der Waals surface area (Å²) in [6.45, 7) is 0. The standard InChI is InChI=1S/C10H7ClF3NO/c11-4-6-5-15-9-2-1-7(3-8(6)9)16-10(12,13)14/h1-3,5,15H,4H2. The second kappa shape index (κ2) is 3.90. The van der Waals surface area contributed by atoms with E-state index in [2.05, 4.69) is 9.72 Å². The molecule has 2 aromatic rings. The van der Waals surface area contributed by atoms with Gasteiger partial charge in [0.05, 0.1) is 0 Å². The second-order valence-electron chi connectivity index (χ2n) is 3.20. The maximum atomic E-state index is 12.0. The average molecular weight is 250 g/mol. The van der Waals surface area contributed by atoms with Gasteiger partial charge in [-0.05, 0) is 23.8 Å². The maximum absolute atomic E-state index is 12.0. The molecule has 86 valence electrons. The van der Waals surface area contributed by atoms with E-state index in [-0.39, 0.29) is 11.6 Å². The van der Waals surface area contributed by atoms with Crippen LogP contribution in [0.25, 0.3) is 10.9 Å². The zero-order valence-corrected chi connectivity index (χ0v) is 8.69. The molecular formula is C10H7ClF3NO. The highest BCUT2D eigenvalue weighted by molar-refractivity contribution is 6.18. The fourth-order valence-corrected chi connectivity index (χ4v) is 1.69. The first-order chi connectivity index (χ1) is 7.49. The van der Waals surface area contributed by atoms with E-state index in [0.29, 0.717) is 5.39 Å². The average Bonchev–Trinajstić information content (AvgIpc) is 2.57. The van der Waals surface area contributed by atoms with Crippen molar-refractivity contribution >= 4 is 22.5 Å². The van der Waals surface area contributed by atoms with Gasteiger partial charge >= 0.3 is 6.36 Å². The monoisotopic (exact) mass is 249 g/mol. The van der Waals surface area contributed by atoms with Gasteiger partial charge in [0.15, 0.2) is 0 Å². The summed E-state index contributed by atoms with van der Waals surface area (Å²) in [5, 5.41) is 0.636. The van der Waals surface area contributed by atoms with Gasteiger partial charge in [0.1, 0.15) is 5.75 Å². The van der Waals surface area contributed by atoms with Gasteiger partial charge in [-0.1, -0.05) is 0 Å². The summed E-state index contributed by atoms with van der Waals surface area (Å²) in [7, 11) is 0. The Hall–Kier alpha value is -1.36. The Morgan fingerprint density at radius 3 is 2.69 bits per heavy atom. The van der Waals surface area contributed by atoms with Crippen LogP contribution in [0, 0.1) is 0 Å². The minimum atomic E-state index is -4.68. The molecule has 0 aliphatic rings. The molecular weight excluding hydrogens is 243 g/mol. The Morgan fingerprint density at radius 1 is 1.31 bits per heavy atom. The van der Waals surface area contributed by atoms with Crippen LogP contribution < -0.4 is 4.74 Å². The van der Waals surface area contributed by atoms with Crippen molar-refractivity contribution in [2.75, 3.05) is 0 Å². The van der Waals surface area contributed by atoms with Gasteiger partial charge in [-0.25, -0.2) is 0 Å². The Morgan fingerprint density at radius 2 is 2.06 bits per heavy atom. The van der Waals surface area contributed by atoms with Gasteiger partial charge in [-0.2, -0.15) is 0 Å². The number of aromatic amines is 1. The fraction of sp³-hybridized carbons (Fsp3) is 0.200. The van der Waals surface area contributed by atoms with Gasteiger partial charge in [0.25, 0.3) is 0 Å². The second-order valence-corrected chi connectivity index (χ2v) is 3.47. The summed E-state index contributed by atoms with van der Waals surface area (Å²) in [5.74, 6) is -0.0129. The van der Waals surface area contributed by atoms with Crippen molar-refractivity contribution in [3.05, 3.63) is 30.0 Å². The molecule has 6 heteroatoms. The summed E-state index contributed by atoms with van der Waals surface area (Å²) < 4.78 is 39.8. The summed E-state index contributed by atoms with van der Waals surface area (Å²) in [5.41, 5.74) is 1.47. The number of rotatable bonds is 2. The number of benzene rings is 1. The predicted molar refractivity (Wildman–Crippen MR) is 54.5 cm³/mol. The van der Waals surface area contributed by atoms with Crippen molar-refractivity contribution in [3.8, 4) is 5.75 Å². The number of nitrogens with one attached hydrogen (secondary N) is 1. The van der Waals surface area contributed by atoms with E-state index in [0.717, 1.165) is 11.1 Å². The quantitative estimate of drug-likeness (QED) is 0.805. The highest BCUT2D eigenvalue weighted by atomic mass is 35.5. The highest BCUT2D eigenvalue weighted by Gasteiger charge is 2.31. The van der Waals surface area contributed by atoms with E-state index < -0.39 is 6.36 Å². The van der Waals surface area contributed by atoms with E-state index in [1.807, 2.05) is 0 Å². The molecule has 1 aromatic carbocycles. The topological polar surface area (TPSA) is 25.0 Å². The molecule has 0 amide bonds. The predicted octanol–water partition coefficient (Wildman–Crippen LogP) is 3.81. The van der Waals surface area contributed by atoms with Gasteiger partial charge in [-0.3, -0.25) is 0 Å². The molecule has 0 atom stereocenters. The maximum Gasteiger partial charge on any atom is 0.573 e. The molecule has 0 saturated heterocycles. The molecule has 1 N–H and O–H groups in total. The third kappa shape index (κ3) is 2.24. The number of halogens is 4.